The summed E-state index contributed by atoms with van der Waals surface area (Å²) in [5, 5.41) is 11.2. The Bertz CT molecular complexity index is 545. The molecule has 2 rings (SSSR count). The first-order valence-corrected chi connectivity index (χ1v) is 6.93. The van der Waals surface area contributed by atoms with E-state index in [1.54, 1.807) is 0 Å². The van der Waals surface area contributed by atoms with Crippen LogP contribution in [-0.4, -0.2) is 5.11 Å². The lowest BCUT2D eigenvalue weighted by atomic mass is 9.82. The van der Waals surface area contributed by atoms with Gasteiger partial charge in [-0.25, -0.2) is 0 Å². The molecular formula is C18H22O. The van der Waals surface area contributed by atoms with Gasteiger partial charge in [0, 0.05) is 0 Å². The van der Waals surface area contributed by atoms with Crippen LogP contribution in [0, 0.1) is 13.8 Å². The third-order valence-corrected chi connectivity index (χ3v) is 3.85. The van der Waals surface area contributed by atoms with E-state index in [4.69, 9.17) is 0 Å². The monoisotopic (exact) mass is 254 g/mol. The first-order chi connectivity index (χ1) is 9.08. The normalized spacial score (nSPS) is 14.1. The van der Waals surface area contributed by atoms with Gasteiger partial charge in [-0.05, 0) is 42.5 Å². The van der Waals surface area contributed by atoms with Crippen molar-refractivity contribution in [3.8, 4) is 0 Å². The quantitative estimate of drug-likeness (QED) is 0.860. The fourth-order valence-corrected chi connectivity index (χ4v) is 2.53. The zero-order valence-corrected chi connectivity index (χ0v) is 12.0. The van der Waals surface area contributed by atoms with Crippen molar-refractivity contribution in [3.05, 3.63) is 70.8 Å². The van der Waals surface area contributed by atoms with Gasteiger partial charge in [0.1, 0.15) is 5.60 Å². The molecule has 1 nitrogen and oxygen atoms in total. The van der Waals surface area contributed by atoms with E-state index in [1.165, 1.54) is 11.1 Å². The standard InChI is InChI=1S/C18H22O/c1-4-12-18(19,16-8-6-5-7-9-16)17-11-10-14(2)15(3)13-17/h5-11,13,19H,4,12H2,1-3H3. The SMILES string of the molecule is CCCC(O)(c1ccccc1)c1ccc(C)c(C)c1. The van der Waals surface area contributed by atoms with Gasteiger partial charge in [-0.2, -0.15) is 0 Å². The summed E-state index contributed by atoms with van der Waals surface area (Å²) in [5.41, 5.74) is 3.57. The molecule has 1 unspecified atom stereocenters. The van der Waals surface area contributed by atoms with Crippen molar-refractivity contribution in [2.45, 2.75) is 39.2 Å². The van der Waals surface area contributed by atoms with Crippen molar-refractivity contribution in [3.63, 3.8) is 0 Å². The summed E-state index contributed by atoms with van der Waals surface area (Å²) in [6.07, 6.45) is 1.68. The predicted molar refractivity (Wildman–Crippen MR) is 80.3 cm³/mol. The van der Waals surface area contributed by atoms with Crippen molar-refractivity contribution in [2.24, 2.45) is 0 Å². The minimum Gasteiger partial charge on any atom is -0.380 e. The van der Waals surface area contributed by atoms with E-state index < -0.39 is 5.60 Å². The molecule has 0 aliphatic carbocycles. The minimum absolute atomic E-state index is 0.736. The highest BCUT2D eigenvalue weighted by Gasteiger charge is 2.30. The minimum atomic E-state index is -0.880. The molecule has 2 aromatic carbocycles. The Morgan fingerprint density at radius 1 is 0.895 bits per heavy atom. The Morgan fingerprint density at radius 3 is 2.16 bits per heavy atom. The number of aryl methyl sites for hydroxylation is 2. The Labute approximate surface area is 115 Å². The Balaban J connectivity index is 2.52. The summed E-state index contributed by atoms with van der Waals surface area (Å²) in [7, 11) is 0. The Kier molecular flexibility index (Phi) is 4.06. The highest BCUT2D eigenvalue weighted by molar-refractivity contribution is 5.40. The molecule has 1 N–H and O–H groups in total. The van der Waals surface area contributed by atoms with Crippen LogP contribution in [0.3, 0.4) is 0 Å². The van der Waals surface area contributed by atoms with Gasteiger partial charge < -0.3 is 5.11 Å². The second kappa shape index (κ2) is 5.58. The van der Waals surface area contributed by atoms with E-state index in [1.807, 2.05) is 36.4 Å². The molecule has 0 aromatic heterocycles. The van der Waals surface area contributed by atoms with Crippen molar-refractivity contribution >= 4 is 0 Å². The molecule has 1 heteroatoms. The lowest BCUT2D eigenvalue weighted by molar-refractivity contribution is 0.0701. The number of hydrogen-bond donors (Lipinski definition) is 1. The highest BCUT2D eigenvalue weighted by atomic mass is 16.3. The van der Waals surface area contributed by atoms with Crippen LogP contribution in [0.5, 0.6) is 0 Å². The molecule has 0 heterocycles. The molecule has 0 radical (unpaired) electrons. The third kappa shape index (κ3) is 2.71. The fourth-order valence-electron chi connectivity index (χ4n) is 2.53. The first-order valence-electron chi connectivity index (χ1n) is 6.93. The second-order valence-electron chi connectivity index (χ2n) is 5.28. The zero-order valence-electron chi connectivity index (χ0n) is 12.0. The van der Waals surface area contributed by atoms with E-state index in [0.29, 0.717) is 0 Å². The summed E-state index contributed by atoms with van der Waals surface area (Å²) in [6.45, 7) is 6.30. The van der Waals surface area contributed by atoms with Crippen LogP contribution < -0.4 is 0 Å². The Morgan fingerprint density at radius 2 is 1.58 bits per heavy atom. The fraction of sp³-hybridized carbons (Fsp3) is 0.333. The summed E-state index contributed by atoms with van der Waals surface area (Å²) in [6, 6.07) is 16.2. The predicted octanol–water partition coefficient (Wildman–Crippen LogP) is 4.34. The van der Waals surface area contributed by atoms with Crippen LogP contribution in [0.15, 0.2) is 48.5 Å². The number of rotatable bonds is 4. The number of aliphatic hydroxyl groups is 1. The zero-order chi connectivity index (χ0) is 13.9. The van der Waals surface area contributed by atoms with Gasteiger partial charge in [-0.15, -0.1) is 0 Å². The summed E-state index contributed by atoms with van der Waals surface area (Å²) in [4.78, 5) is 0. The second-order valence-corrected chi connectivity index (χ2v) is 5.28. The van der Waals surface area contributed by atoms with E-state index in [-0.39, 0.29) is 0 Å². The lowest BCUT2D eigenvalue weighted by Crippen LogP contribution is -2.27. The molecular weight excluding hydrogens is 232 g/mol. The molecule has 1 atom stereocenters. The van der Waals surface area contributed by atoms with Crippen LogP contribution in [0.1, 0.15) is 42.0 Å². The maximum Gasteiger partial charge on any atom is 0.115 e. The van der Waals surface area contributed by atoms with Crippen molar-refractivity contribution in [1.82, 2.24) is 0 Å². The smallest absolute Gasteiger partial charge is 0.115 e. The van der Waals surface area contributed by atoms with Gasteiger partial charge in [0.25, 0.3) is 0 Å². The molecule has 0 saturated carbocycles. The topological polar surface area (TPSA) is 20.2 Å². The van der Waals surface area contributed by atoms with Crippen molar-refractivity contribution in [2.75, 3.05) is 0 Å². The molecule has 0 fully saturated rings. The third-order valence-electron chi connectivity index (χ3n) is 3.85. The van der Waals surface area contributed by atoms with E-state index in [9.17, 15) is 5.11 Å². The average Bonchev–Trinajstić information content (AvgIpc) is 2.43. The maximum absolute atomic E-state index is 11.2. The van der Waals surface area contributed by atoms with E-state index >= 15 is 0 Å². The van der Waals surface area contributed by atoms with Gasteiger partial charge in [0.05, 0.1) is 0 Å². The molecule has 0 aliphatic rings. The van der Waals surface area contributed by atoms with E-state index in [0.717, 1.165) is 24.0 Å². The maximum atomic E-state index is 11.2. The van der Waals surface area contributed by atoms with Crippen LogP contribution in [0.4, 0.5) is 0 Å². The molecule has 2 aromatic rings. The van der Waals surface area contributed by atoms with E-state index in [2.05, 4.69) is 32.9 Å². The summed E-state index contributed by atoms with van der Waals surface area (Å²) in [5.74, 6) is 0. The molecule has 100 valence electrons. The van der Waals surface area contributed by atoms with Gasteiger partial charge in [-0.1, -0.05) is 61.9 Å². The number of hydrogen-bond acceptors (Lipinski definition) is 1. The van der Waals surface area contributed by atoms with Crippen molar-refractivity contribution in [1.29, 1.82) is 0 Å². The Hall–Kier alpha value is -1.60. The molecule has 0 amide bonds. The molecule has 0 aliphatic heterocycles. The van der Waals surface area contributed by atoms with Crippen molar-refractivity contribution < 1.29 is 5.11 Å². The average molecular weight is 254 g/mol. The first kappa shape index (κ1) is 13.8. The van der Waals surface area contributed by atoms with Gasteiger partial charge in [-0.3, -0.25) is 0 Å². The molecule has 19 heavy (non-hydrogen) atoms. The molecule has 0 bridgehead atoms. The molecule has 0 saturated heterocycles. The largest absolute Gasteiger partial charge is 0.380 e. The summed E-state index contributed by atoms with van der Waals surface area (Å²) < 4.78 is 0. The van der Waals surface area contributed by atoms with Gasteiger partial charge in [0.15, 0.2) is 0 Å². The van der Waals surface area contributed by atoms with Crippen LogP contribution in [0.25, 0.3) is 0 Å². The summed E-state index contributed by atoms with van der Waals surface area (Å²) >= 11 is 0. The lowest BCUT2D eigenvalue weighted by Gasteiger charge is -2.29. The van der Waals surface area contributed by atoms with Crippen LogP contribution in [-0.2, 0) is 5.60 Å². The highest BCUT2D eigenvalue weighted by Crippen LogP contribution is 2.34. The van der Waals surface area contributed by atoms with Gasteiger partial charge in [0.2, 0.25) is 0 Å². The molecule has 0 spiro atoms. The van der Waals surface area contributed by atoms with Crippen LogP contribution in [0.2, 0.25) is 0 Å². The van der Waals surface area contributed by atoms with Gasteiger partial charge >= 0.3 is 0 Å². The van der Waals surface area contributed by atoms with Crippen LogP contribution >= 0.6 is 0 Å². The number of benzene rings is 2.